The van der Waals surface area contributed by atoms with E-state index in [4.69, 9.17) is 0 Å². The highest BCUT2D eigenvalue weighted by molar-refractivity contribution is 8.01. The van der Waals surface area contributed by atoms with Crippen molar-refractivity contribution in [3.63, 3.8) is 0 Å². The lowest BCUT2D eigenvalue weighted by atomic mass is 9.50. The van der Waals surface area contributed by atoms with Crippen LogP contribution < -0.4 is 5.32 Å². The van der Waals surface area contributed by atoms with E-state index >= 15 is 0 Å². The fourth-order valence-corrected chi connectivity index (χ4v) is 8.09. The van der Waals surface area contributed by atoms with E-state index in [2.05, 4.69) is 47.6 Å². The van der Waals surface area contributed by atoms with Gasteiger partial charge in [-0.05, 0) is 87.2 Å². The van der Waals surface area contributed by atoms with Crippen molar-refractivity contribution in [1.29, 1.82) is 0 Å². The molecule has 0 spiro atoms. The van der Waals surface area contributed by atoms with E-state index in [9.17, 15) is 0 Å². The highest BCUT2D eigenvalue weighted by Gasteiger charge is 2.50. The fraction of sp³-hybridized carbons (Fsp3) is 0.619. The van der Waals surface area contributed by atoms with Gasteiger partial charge in [-0.25, -0.2) is 0 Å². The van der Waals surface area contributed by atoms with Gasteiger partial charge < -0.3 is 5.32 Å². The molecule has 4 bridgehead atoms. The first-order valence-electron chi connectivity index (χ1n) is 9.87. The smallest absolute Gasteiger partial charge is 0.210 e. The van der Waals surface area contributed by atoms with Crippen LogP contribution in [0.5, 0.6) is 0 Å². The molecule has 1 aromatic carbocycles. The molecule has 4 aliphatic carbocycles. The van der Waals surface area contributed by atoms with Gasteiger partial charge >= 0.3 is 0 Å². The Morgan fingerprint density at radius 1 is 1.08 bits per heavy atom. The molecule has 0 unspecified atom stereocenters. The average molecular weight is 386 g/mol. The highest BCUT2D eigenvalue weighted by atomic mass is 32.2. The summed E-state index contributed by atoms with van der Waals surface area (Å²) in [6.07, 6.45) is 8.97. The van der Waals surface area contributed by atoms with E-state index in [1.165, 1.54) is 55.4 Å². The maximum atomic E-state index is 4.45. The van der Waals surface area contributed by atoms with Crippen molar-refractivity contribution in [2.75, 3.05) is 11.1 Å². The van der Waals surface area contributed by atoms with Crippen LogP contribution in [-0.4, -0.2) is 16.0 Å². The number of aryl methyl sites for hydroxylation is 2. The number of nitrogens with zero attached hydrogens (tertiary/aromatic N) is 2. The molecule has 1 heterocycles. The van der Waals surface area contributed by atoms with Gasteiger partial charge in [0.05, 0.1) is 0 Å². The minimum Gasteiger partial charge on any atom is -0.330 e. The predicted molar refractivity (Wildman–Crippen MR) is 110 cm³/mol. The first kappa shape index (κ1) is 17.1. The number of thioether (sulfide) groups is 1. The van der Waals surface area contributed by atoms with E-state index in [1.807, 2.05) is 11.8 Å². The molecule has 3 nitrogen and oxygen atoms in total. The van der Waals surface area contributed by atoms with Crippen molar-refractivity contribution in [2.24, 2.45) is 23.2 Å². The SMILES string of the molecule is Cc1ccc(Nc2nnc(SCC34CC5CC(CC(C5)C3)C4)s2)c(C)c1. The van der Waals surface area contributed by atoms with Crippen LogP contribution in [0.15, 0.2) is 22.5 Å². The van der Waals surface area contributed by atoms with Crippen LogP contribution >= 0.6 is 23.1 Å². The predicted octanol–water partition coefficient (Wildman–Crippen LogP) is 6.21. The Bertz CT molecular complexity index is 778. The van der Waals surface area contributed by atoms with E-state index in [0.717, 1.165) is 32.9 Å². The first-order valence-corrected chi connectivity index (χ1v) is 11.7. The molecule has 0 aliphatic heterocycles. The van der Waals surface area contributed by atoms with Gasteiger partial charge in [-0.1, -0.05) is 40.8 Å². The summed E-state index contributed by atoms with van der Waals surface area (Å²) in [6.45, 7) is 4.26. The summed E-state index contributed by atoms with van der Waals surface area (Å²) < 4.78 is 1.12. The maximum absolute atomic E-state index is 4.45. The molecule has 4 aliphatic rings. The molecule has 1 N–H and O–H groups in total. The Balaban J connectivity index is 1.24. The number of nitrogens with one attached hydrogen (secondary N) is 1. The summed E-state index contributed by atoms with van der Waals surface area (Å²) in [5, 5.41) is 13.2. The van der Waals surface area contributed by atoms with Crippen LogP contribution in [0.25, 0.3) is 0 Å². The van der Waals surface area contributed by atoms with Crippen molar-refractivity contribution < 1.29 is 0 Å². The standard InChI is InChI=1S/C21H27N3S2/c1-13-3-4-18(14(2)5-13)22-19-23-24-20(26-19)25-12-21-9-15-6-16(10-21)8-17(7-15)11-21/h3-5,15-17H,6-12H2,1-2H3,(H,22,23). The summed E-state index contributed by atoms with van der Waals surface area (Å²) in [7, 11) is 0. The lowest BCUT2D eigenvalue weighted by Gasteiger charge is -2.56. The lowest BCUT2D eigenvalue weighted by molar-refractivity contribution is -0.0381. The highest BCUT2D eigenvalue weighted by Crippen LogP contribution is 2.61. The molecule has 4 fully saturated rings. The molecule has 1 aromatic heterocycles. The third kappa shape index (κ3) is 3.29. The van der Waals surface area contributed by atoms with Crippen LogP contribution in [0.4, 0.5) is 10.8 Å². The number of hydrogen-bond donors (Lipinski definition) is 1. The zero-order chi connectivity index (χ0) is 17.7. The van der Waals surface area contributed by atoms with Crippen molar-refractivity contribution >= 4 is 33.9 Å². The number of rotatable bonds is 5. The number of aromatic nitrogens is 2. The molecule has 6 rings (SSSR count). The number of anilines is 2. The quantitative estimate of drug-likeness (QED) is 0.621. The van der Waals surface area contributed by atoms with Gasteiger partial charge in [0.1, 0.15) is 0 Å². The third-order valence-electron chi connectivity index (χ3n) is 6.70. The minimum absolute atomic E-state index is 0.603. The van der Waals surface area contributed by atoms with Crippen LogP contribution in [-0.2, 0) is 0 Å². The van der Waals surface area contributed by atoms with Crippen LogP contribution in [0.3, 0.4) is 0 Å². The van der Waals surface area contributed by atoms with Crippen molar-refractivity contribution in [3.05, 3.63) is 29.3 Å². The zero-order valence-corrected chi connectivity index (χ0v) is 17.3. The van der Waals surface area contributed by atoms with Gasteiger partial charge in [0.25, 0.3) is 0 Å². The monoisotopic (exact) mass is 385 g/mol. The summed E-state index contributed by atoms with van der Waals surface area (Å²) in [6, 6.07) is 6.47. The normalized spacial score (nSPS) is 32.2. The van der Waals surface area contributed by atoms with Crippen LogP contribution in [0.2, 0.25) is 0 Å². The topological polar surface area (TPSA) is 37.8 Å². The Hall–Kier alpha value is -1.07. The van der Waals surface area contributed by atoms with Gasteiger partial charge in [-0.15, -0.1) is 10.2 Å². The maximum Gasteiger partial charge on any atom is 0.210 e. The van der Waals surface area contributed by atoms with Crippen molar-refractivity contribution in [3.8, 4) is 0 Å². The Labute approximate surface area is 164 Å². The number of hydrogen-bond acceptors (Lipinski definition) is 5. The Kier molecular flexibility index (Phi) is 4.28. The molecule has 0 radical (unpaired) electrons. The fourth-order valence-electron chi connectivity index (χ4n) is 6.07. The molecule has 4 saturated carbocycles. The van der Waals surface area contributed by atoms with Crippen molar-refractivity contribution in [1.82, 2.24) is 10.2 Å². The van der Waals surface area contributed by atoms with E-state index < -0.39 is 0 Å². The second-order valence-corrected chi connectivity index (χ2v) is 11.2. The third-order valence-corrected chi connectivity index (χ3v) is 9.02. The van der Waals surface area contributed by atoms with Gasteiger partial charge in [0.2, 0.25) is 5.13 Å². The van der Waals surface area contributed by atoms with Crippen LogP contribution in [0.1, 0.15) is 49.7 Å². The van der Waals surface area contributed by atoms with E-state index in [0.29, 0.717) is 5.41 Å². The summed E-state index contributed by atoms with van der Waals surface area (Å²) in [4.78, 5) is 0. The van der Waals surface area contributed by atoms with Gasteiger partial charge in [-0.2, -0.15) is 0 Å². The van der Waals surface area contributed by atoms with E-state index in [1.54, 1.807) is 11.3 Å². The molecule has 0 saturated heterocycles. The van der Waals surface area contributed by atoms with Gasteiger partial charge in [0, 0.05) is 11.4 Å². The molecule has 138 valence electrons. The summed E-state index contributed by atoms with van der Waals surface area (Å²) in [5.74, 6) is 4.32. The molecule has 26 heavy (non-hydrogen) atoms. The molecule has 0 atom stereocenters. The summed E-state index contributed by atoms with van der Waals surface area (Å²) >= 11 is 3.65. The first-order chi connectivity index (χ1) is 12.6. The lowest BCUT2D eigenvalue weighted by Crippen LogP contribution is -2.47. The number of benzene rings is 1. The summed E-state index contributed by atoms with van der Waals surface area (Å²) in [5.41, 5.74) is 4.27. The van der Waals surface area contributed by atoms with Crippen molar-refractivity contribution in [2.45, 2.75) is 56.7 Å². The average Bonchev–Trinajstić information content (AvgIpc) is 3.02. The Morgan fingerprint density at radius 2 is 1.77 bits per heavy atom. The van der Waals surface area contributed by atoms with E-state index in [-0.39, 0.29) is 0 Å². The van der Waals surface area contributed by atoms with Gasteiger partial charge in [-0.3, -0.25) is 0 Å². The molecular weight excluding hydrogens is 358 g/mol. The molecule has 2 aromatic rings. The second-order valence-electron chi connectivity index (χ2n) is 9.02. The largest absolute Gasteiger partial charge is 0.330 e. The van der Waals surface area contributed by atoms with Crippen LogP contribution in [0, 0.1) is 37.0 Å². The molecule has 0 amide bonds. The van der Waals surface area contributed by atoms with Gasteiger partial charge in [0.15, 0.2) is 4.34 Å². The Morgan fingerprint density at radius 3 is 2.42 bits per heavy atom. The molecular formula is C21H27N3S2. The molecule has 5 heteroatoms. The minimum atomic E-state index is 0.603. The second kappa shape index (κ2) is 6.52. The zero-order valence-electron chi connectivity index (χ0n) is 15.6.